The number of fused-ring (bicyclic) bond motifs is 2. The van der Waals surface area contributed by atoms with E-state index < -0.39 is 5.91 Å². The number of benzene rings is 1. The van der Waals surface area contributed by atoms with Gasteiger partial charge in [-0.1, -0.05) is 0 Å². The highest BCUT2D eigenvalue weighted by atomic mass is 16.5. The number of hydrogen-bond donors (Lipinski definition) is 2. The number of ether oxygens (including phenoxy) is 2. The number of nitrogens with one attached hydrogen (secondary N) is 1. The van der Waals surface area contributed by atoms with Crippen molar-refractivity contribution in [3.8, 4) is 11.5 Å². The van der Waals surface area contributed by atoms with Gasteiger partial charge in [-0.05, 0) is 6.07 Å². The van der Waals surface area contributed by atoms with Gasteiger partial charge in [-0.2, -0.15) is 9.61 Å². The van der Waals surface area contributed by atoms with Crippen LogP contribution in [0.25, 0.3) is 16.6 Å². The maximum absolute atomic E-state index is 12.4. The van der Waals surface area contributed by atoms with Crippen molar-refractivity contribution in [1.29, 1.82) is 0 Å². The van der Waals surface area contributed by atoms with Crippen molar-refractivity contribution >= 4 is 22.5 Å². The van der Waals surface area contributed by atoms with Crippen LogP contribution in [0, 0.1) is 0 Å². The lowest BCUT2D eigenvalue weighted by atomic mass is 10.2. The van der Waals surface area contributed by atoms with Gasteiger partial charge >= 0.3 is 0 Å². The van der Waals surface area contributed by atoms with Gasteiger partial charge < -0.3 is 20.2 Å². The van der Waals surface area contributed by atoms with E-state index in [1.54, 1.807) is 12.1 Å². The Kier molecular flexibility index (Phi) is 2.79. The number of hydrogen-bond acceptors (Lipinski definition) is 5. The molecule has 21 heavy (non-hydrogen) atoms. The Hall–Kier alpha value is -3.03. The van der Waals surface area contributed by atoms with Gasteiger partial charge in [-0.15, -0.1) is 0 Å². The lowest BCUT2D eigenvalue weighted by Crippen LogP contribution is -2.17. The van der Waals surface area contributed by atoms with Gasteiger partial charge in [-0.3, -0.25) is 9.59 Å². The maximum Gasteiger partial charge on any atom is 0.282 e. The SMILES string of the molecule is COc1cc2[nH]c3cc(C(N)=O)nn3c(=O)c2cc1OC. The minimum atomic E-state index is -0.703. The van der Waals surface area contributed by atoms with Crippen molar-refractivity contribution in [2.45, 2.75) is 0 Å². The highest BCUT2D eigenvalue weighted by molar-refractivity contribution is 5.92. The number of aromatic amines is 1. The number of primary amides is 1. The van der Waals surface area contributed by atoms with Gasteiger partial charge in [0, 0.05) is 12.1 Å². The van der Waals surface area contributed by atoms with Gasteiger partial charge in [0.25, 0.3) is 11.5 Å². The van der Waals surface area contributed by atoms with Crippen molar-refractivity contribution in [3.63, 3.8) is 0 Å². The van der Waals surface area contributed by atoms with Gasteiger partial charge in [0.05, 0.1) is 25.1 Å². The minimum absolute atomic E-state index is 0.0117. The van der Waals surface area contributed by atoms with Crippen LogP contribution in [0.2, 0.25) is 0 Å². The molecule has 0 aliphatic carbocycles. The summed E-state index contributed by atoms with van der Waals surface area (Å²) in [6.07, 6.45) is 0. The summed E-state index contributed by atoms with van der Waals surface area (Å²) in [5, 5.41) is 4.25. The zero-order chi connectivity index (χ0) is 15.1. The largest absolute Gasteiger partial charge is 0.493 e. The molecule has 8 nitrogen and oxygen atoms in total. The van der Waals surface area contributed by atoms with E-state index in [1.165, 1.54) is 20.3 Å². The fourth-order valence-electron chi connectivity index (χ4n) is 2.16. The van der Waals surface area contributed by atoms with Crippen LogP contribution in [-0.2, 0) is 0 Å². The molecular weight excluding hydrogens is 276 g/mol. The Morgan fingerprint density at radius 2 is 1.90 bits per heavy atom. The predicted octanol–water partition coefficient (Wildman–Crippen LogP) is 0.292. The second kappa shape index (κ2) is 4.51. The number of H-pyrrole nitrogens is 1. The quantitative estimate of drug-likeness (QED) is 0.719. The molecule has 0 atom stereocenters. The van der Waals surface area contributed by atoms with Crippen LogP contribution in [-0.4, -0.2) is 34.7 Å². The second-order valence-electron chi connectivity index (χ2n) is 4.37. The molecule has 0 unspecified atom stereocenters. The number of rotatable bonds is 3. The van der Waals surface area contributed by atoms with E-state index in [0.29, 0.717) is 28.0 Å². The molecule has 2 aromatic heterocycles. The third-order valence-corrected chi connectivity index (χ3v) is 3.17. The Balaban J connectivity index is 2.41. The van der Waals surface area contributed by atoms with Gasteiger partial charge in [-0.25, -0.2) is 0 Å². The number of aromatic nitrogens is 3. The Morgan fingerprint density at radius 1 is 1.24 bits per heavy atom. The van der Waals surface area contributed by atoms with Crippen LogP contribution in [0.5, 0.6) is 11.5 Å². The molecule has 3 N–H and O–H groups in total. The molecule has 0 fully saturated rings. The molecule has 3 aromatic rings. The van der Waals surface area contributed by atoms with Crippen LogP contribution < -0.4 is 20.8 Å². The average Bonchev–Trinajstić information content (AvgIpc) is 2.90. The third kappa shape index (κ3) is 1.88. The summed E-state index contributed by atoms with van der Waals surface area (Å²) in [6.45, 7) is 0. The van der Waals surface area contributed by atoms with Crippen molar-refractivity contribution in [3.05, 3.63) is 34.2 Å². The molecule has 0 saturated heterocycles. The summed E-state index contributed by atoms with van der Waals surface area (Å²) < 4.78 is 11.5. The minimum Gasteiger partial charge on any atom is -0.493 e. The molecule has 0 radical (unpaired) electrons. The van der Waals surface area contributed by atoms with E-state index in [9.17, 15) is 9.59 Å². The smallest absolute Gasteiger partial charge is 0.282 e. The third-order valence-electron chi connectivity index (χ3n) is 3.17. The molecule has 3 rings (SSSR count). The summed E-state index contributed by atoms with van der Waals surface area (Å²) in [5.41, 5.74) is 5.71. The van der Waals surface area contributed by atoms with Crippen molar-refractivity contribution in [2.24, 2.45) is 5.73 Å². The Labute approximate surface area is 118 Å². The summed E-state index contributed by atoms with van der Waals surface area (Å²) in [4.78, 5) is 26.6. The Bertz CT molecular complexity index is 925. The number of methoxy groups -OCH3 is 2. The van der Waals surface area contributed by atoms with Crippen LogP contribution in [0.15, 0.2) is 23.0 Å². The van der Waals surface area contributed by atoms with E-state index in [1.807, 2.05) is 0 Å². The highest BCUT2D eigenvalue weighted by Crippen LogP contribution is 2.30. The number of nitrogens with zero attached hydrogens (tertiary/aromatic N) is 2. The van der Waals surface area contributed by atoms with Crippen LogP contribution in [0.4, 0.5) is 0 Å². The number of carbonyl (C=O) groups is 1. The summed E-state index contributed by atoms with van der Waals surface area (Å²) >= 11 is 0. The first kappa shape index (κ1) is 13.0. The van der Waals surface area contributed by atoms with E-state index >= 15 is 0 Å². The molecular formula is C13H12N4O4. The highest BCUT2D eigenvalue weighted by Gasteiger charge is 2.14. The van der Waals surface area contributed by atoms with E-state index in [4.69, 9.17) is 15.2 Å². The molecule has 108 valence electrons. The zero-order valence-corrected chi connectivity index (χ0v) is 11.3. The normalized spacial score (nSPS) is 11.0. The first-order chi connectivity index (χ1) is 10.0. The molecule has 0 saturated carbocycles. The molecule has 2 heterocycles. The molecule has 0 bridgehead atoms. The van der Waals surface area contributed by atoms with Gasteiger partial charge in [0.2, 0.25) is 0 Å². The topological polar surface area (TPSA) is 112 Å². The lowest BCUT2D eigenvalue weighted by molar-refractivity contribution is 0.0995. The second-order valence-corrected chi connectivity index (χ2v) is 4.37. The number of carbonyl (C=O) groups excluding carboxylic acids is 1. The fourth-order valence-corrected chi connectivity index (χ4v) is 2.16. The number of amides is 1. The van der Waals surface area contributed by atoms with Crippen LogP contribution in [0.3, 0.4) is 0 Å². The van der Waals surface area contributed by atoms with Crippen molar-refractivity contribution in [1.82, 2.24) is 14.6 Å². The van der Waals surface area contributed by atoms with Crippen LogP contribution >= 0.6 is 0 Å². The fraction of sp³-hybridized carbons (Fsp3) is 0.154. The predicted molar refractivity (Wildman–Crippen MR) is 74.9 cm³/mol. The van der Waals surface area contributed by atoms with E-state index in [-0.39, 0.29) is 11.3 Å². The monoisotopic (exact) mass is 288 g/mol. The maximum atomic E-state index is 12.4. The lowest BCUT2D eigenvalue weighted by Gasteiger charge is -2.08. The number of nitrogens with two attached hydrogens (primary N) is 1. The molecule has 0 spiro atoms. The molecule has 1 aromatic carbocycles. The summed E-state index contributed by atoms with van der Waals surface area (Å²) in [6, 6.07) is 4.62. The first-order valence-electron chi connectivity index (χ1n) is 6.02. The standard InChI is InChI=1S/C13H12N4O4/c1-20-9-3-6-7(4-10(9)21-2)15-11-5-8(12(14)18)16-17(11)13(6)19/h3-5,15H,1-2H3,(H2,14,18). The molecule has 1 amide bonds. The Morgan fingerprint density at radius 3 is 2.52 bits per heavy atom. The molecule has 0 aliphatic heterocycles. The molecule has 0 aliphatic rings. The van der Waals surface area contributed by atoms with Crippen molar-refractivity contribution < 1.29 is 14.3 Å². The van der Waals surface area contributed by atoms with Gasteiger partial charge in [0.15, 0.2) is 17.2 Å². The molecule has 8 heteroatoms. The van der Waals surface area contributed by atoms with Crippen molar-refractivity contribution in [2.75, 3.05) is 14.2 Å². The zero-order valence-electron chi connectivity index (χ0n) is 11.3. The van der Waals surface area contributed by atoms with E-state index in [0.717, 1.165) is 4.52 Å². The summed E-state index contributed by atoms with van der Waals surface area (Å²) in [7, 11) is 2.99. The average molecular weight is 288 g/mol. The summed E-state index contributed by atoms with van der Waals surface area (Å²) in [5.74, 6) is 0.211. The van der Waals surface area contributed by atoms with Crippen LogP contribution in [0.1, 0.15) is 10.5 Å². The van der Waals surface area contributed by atoms with E-state index in [2.05, 4.69) is 10.1 Å². The first-order valence-corrected chi connectivity index (χ1v) is 6.02. The van der Waals surface area contributed by atoms with Gasteiger partial charge in [0.1, 0.15) is 5.65 Å².